The number of benzene rings is 1. The molecular formula is C28H22F2N6S. The summed E-state index contributed by atoms with van der Waals surface area (Å²) in [6, 6.07) is 14.3. The van der Waals surface area contributed by atoms with Crippen molar-refractivity contribution in [3.8, 4) is 33.8 Å². The number of aromatic amines is 2. The van der Waals surface area contributed by atoms with Crippen molar-refractivity contribution in [1.82, 2.24) is 30.0 Å². The molecule has 0 atom stereocenters. The summed E-state index contributed by atoms with van der Waals surface area (Å²) in [4.78, 5) is 14.3. The Morgan fingerprint density at radius 3 is 2.70 bits per heavy atom. The van der Waals surface area contributed by atoms with E-state index >= 15 is 0 Å². The maximum atomic E-state index is 13.6. The van der Waals surface area contributed by atoms with E-state index in [1.165, 1.54) is 0 Å². The Bertz CT molecular complexity index is 1740. The number of thiophene rings is 1. The number of hydrogen-bond acceptors (Lipinski definition) is 5. The number of fused-ring (bicyclic) bond motifs is 2. The molecule has 9 heteroatoms. The molecule has 0 unspecified atom stereocenters. The van der Waals surface area contributed by atoms with Gasteiger partial charge in [0.1, 0.15) is 5.69 Å². The molecule has 6 aromatic rings. The van der Waals surface area contributed by atoms with Crippen LogP contribution in [0.4, 0.5) is 8.78 Å². The Morgan fingerprint density at radius 2 is 1.86 bits per heavy atom. The lowest BCUT2D eigenvalue weighted by molar-refractivity contribution is 0.0115. The third kappa shape index (κ3) is 4.10. The van der Waals surface area contributed by atoms with Gasteiger partial charge in [-0.2, -0.15) is 16.4 Å². The summed E-state index contributed by atoms with van der Waals surface area (Å²) in [6.45, 7) is 0.663. The molecule has 6 heterocycles. The van der Waals surface area contributed by atoms with Crippen LogP contribution in [0.3, 0.4) is 0 Å². The van der Waals surface area contributed by atoms with Crippen molar-refractivity contribution in [1.29, 1.82) is 0 Å². The van der Waals surface area contributed by atoms with Crippen LogP contribution in [-0.4, -0.2) is 49.1 Å². The number of pyridine rings is 2. The Kier molecular flexibility index (Phi) is 5.16. The minimum Gasteiger partial charge on any atom is -0.353 e. The molecular weight excluding hydrogens is 490 g/mol. The van der Waals surface area contributed by atoms with Crippen LogP contribution in [0.5, 0.6) is 0 Å². The molecule has 0 bridgehead atoms. The maximum absolute atomic E-state index is 13.6. The number of hydrogen-bond donors (Lipinski definition) is 2. The van der Waals surface area contributed by atoms with Gasteiger partial charge >= 0.3 is 0 Å². The van der Waals surface area contributed by atoms with Crippen LogP contribution >= 0.6 is 11.3 Å². The van der Waals surface area contributed by atoms with Crippen molar-refractivity contribution in [3.05, 3.63) is 77.4 Å². The van der Waals surface area contributed by atoms with Gasteiger partial charge in [-0.3, -0.25) is 20.0 Å². The largest absolute Gasteiger partial charge is 0.353 e. The molecule has 1 aromatic carbocycles. The van der Waals surface area contributed by atoms with E-state index < -0.39 is 5.92 Å². The van der Waals surface area contributed by atoms with Gasteiger partial charge in [-0.05, 0) is 52.9 Å². The maximum Gasteiger partial charge on any atom is 0.261 e. The summed E-state index contributed by atoms with van der Waals surface area (Å²) >= 11 is 1.65. The van der Waals surface area contributed by atoms with Gasteiger partial charge in [0.05, 0.1) is 23.4 Å². The Balaban J connectivity index is 1.24. The summed E-state index contributed by atoms with van der Waals surface area (Å²) in [5.74, 6) is -2.60. The molecule has 1 saturated heterocycles. The summed E-state index contributed by atoms with van der Waals surface area (Å²) < 4.78 is 27.3. The summed E-state index contributed by atoms with van der Waals surface area (Å²) in [5, 5.41) is 13.9. The van der Waals surface area contributed by atoms with Crippen LogP contribution in [0.25, 0.3) is 55.6 Å². The summed E-state index contributed by atoms with van der Waals surface area (Å²) in [7, 11) is 0. The first kappa shape index (κ1) is 22.3. The number of aromatic nitrogens is 5. The first-order valence-corrected chi connectivity index (χ1v) is 13.0. The molecule has 0 radical (unpaired) electrons. The Labute approximate surface area is 215 Å². The van der Waals surface area contributed by atoms with Crippen molar-refractivity contribution in [2.75, 3.05) is 13.1 Å². The van der Waals surface area contributed by atoms with E-state index in [-0.39, 0.29) is 13.0 Å². The van der Waals surface area contributed by atoms with Crippen LogP contribution in [0.1, 0.15) is 12.0 Å². The van der Waals surface area contributed by atoms with E-state index in [0.29, 0.717) is 13.1 Å². The van der Waals surface area contributed by atoms with Gasteiger partial charge < -0.3 is 4.98 Å². The van der Waals surface area contributed by atoms with Crippen LogP contribution < -0.4 is 0 Å². The van der Waals surface area contributed by atoms with Gasteiger partial charge in [0.15, 0.2) is 0 Å². The second kappa shape index (κ2) is 8.57. The van der Waals surface area contributed by atoms with Crippen LogP contribution in [0.15, 0.2) is 71.8 Å². The van der Waals surface area contributed by atoms with E-state index in [2.05, 4.69) is 54.1 Å². The summed E-state index contributed by atoms with van der Waals surface area (Å²) in [5.41, 5.74) is 8.57. The lowest BCUT2D eigenvalue weighted by Crippen LogP contribution is -2.24. The number of nitrogens with zero attached hydrogens (tertiary/aromatic N) is 4. The van der Waals surface area contributed by atoms with Crippen molar-refractivity contribution in [2.24, 2.45) is 0 Å². The number of likely N-dealkylation sites (tertiary alicyclic amines) is 1. The standard InChI is InChI=1S/C28H22F2N6S/c29-28(30)5-7-36(16-28)14-17-9-20(13-31-12-17)18-1-2-24-21(10-18)27(35-34-24)25-11-22-23(33-25)3-6-32-26(22)19-4-8-37-15-19/h1-4,6,8-13,15,33H,5,7,14,16H2,(H,34,35). The third-order valence-electron chi connectivity index (χ3n) is 6.94. The van der Waals surface area contributed by atoms with Gasteiger partial charge in [-0.15, -0.1) is 0 Å². The minimum absolute atomic E-state index is 0.0847. The van der Waals surface area contributed by atoms with Crippen LogP contribution in [0, 0.1) is 0 Å². The van der Waals surface area contributed by atoms with E-state index in [4.69, 9.17) is 0 Å². The molecule has 0 amide bonds. The first-order valence-electron chi connectivity index (χ1n) is 12.1. The third-order valence-corrected chi connectivity index (χ3v) is 7.63. The molecule has 2 N–H and O–H groups in total. The topological polar surface area (TPSA) is 73.5 Å². The summed E-state index contributed by atoms with van der Waals surface area (Å²) in [6.07, 6.45) is 5.30. The first-order chi connectivity index (χ1) is 18.0. The van der Waals surface area contributed by atoms with Gasteiger partial charge in [0, 0.05) is 70.9 Å². The number of nitrogens with one attached hydrogen (secondary N) is 2. The molecule has 7 rings (SSSR count). The molecule has 1 aliphatic heterocycles. The average Bonchev–Trinajstić information content (AvgIpc) is 3.69. The highest BCUT2D eigenvalue weighted by atomic mass is 32.1. The number of halogens is 2. The predicted molar refractivity (Wildman–Crippen MR) is 143 cm³/mol. The van der Waals surface area contributed by atoms with E-state index in [9.17, 15) is 8.78 Å². The van der Waals surface area contributed by atoms with E-state index in [1.807, 2.05) is 36.7 Å². The van der Waals surface area contributed by atoms with Crippen molar-refractivity contribution < 1.29 is 8.78 Å². The lowest BCUT2D eigenvalue weighted by atomic mass is 10.0. The molecule has 5 aromatic heterocycles. The molecule has 1 fully saturated rings. The highest BCUT2D eigenvalue weighted by molar-refractivity contribution is 7.08. The number of rotatable bonds is 5. The smallest absolute Gasteiger partial charge is 0.261 e. The zero-order valence-corrected chi connectivity index (χ0v) is 20.5. The fraction of sp³-hybridized carbons (Fsp3) is 0.179. The average molecular weight is 513 g/mol. The predicted octanol–water partition coefficient (Wildman–Crippen LogP) is 6.74. The fourth-order valence-electron chi connectivity index (χ4n) is 5.14. The van der Waals surface area contributed by atoms with Gasteiger partial charge in [-0.25, -0.2) is 8.78 Å². The molecule has 0 aliphatic carbocycles. The normalized spacial score (nSPS) is 15.7. The van der Waals surface area contributed by atoms with Crippen molar-refractivity contribution >= 4 is 33.1 Å². The molecule has 0 saturated carbocycles. The number of alkyl halides is 2. The van der Waals surface area contributed by atoms with Crippen molar-refractivity contribution in [3.63, 3.8) is 0 Å². The van der Waals surface area contributed by atoms with Gasteiger partial charge in [0.25, 0.3) is 5.92 Å². The monoisotopic (exact) mass is 512 g/mol. The Morgan fingerprint density at radius 1 is 0.946 bits per heavy atom. The molecule has 1 aliphatic rings. The van der Waals surface area contributed by atoms with Crippen molar-refractivity contribution in [2.45, 2.75) is 18.9 Å². The van der Waals surface area contributed by atoms with E-state index in [1.54, 1.807) is 22.4 Å². The van der Waals surface area contributed by atoms with Gasteiger partial charge in [0.2, 0.25) is 0 Å². The fourth-order valence-corrected chi connectivity index (χ4v) is 5.78. The molecule has 37 heavy (non-hydrogen) atoms. The SMILES string of the molecule is FC1(F)CCN(Cc2cncc(-c3ccc4[nH]nc(-c5cc6c(-c7ccsc7)nccc6[nH]5)c4c3)c2)C1. The highest BCUT2D eigenvalue weighted by Crippen LogP contribution is 2.35. The van der Waals surface area contributed by atoms with Gasteiger partial charge in [-0.1, -0.05) is 6.07 Å². The zero-order chi connectivity index (χ0) is 25.0. The highest BCUT2D eigenvalue weighted by Gasteiger charge is 2.37. The van der Waals surface area contributed by atoms with E-state index in [0.717, 1.165) is 61.1 Å². The lowest BCUT2D eigenvalue weighted by Gasteiger charge is -2.15. The Hall–Kier alpha value is -3.95. The zero-order valence-electron chi connectivity index (χ0n) is 19.7. The molecule has 184 valence electrons. The van der Waals surface area contributed by atoms with Crippen LogP contribution in [-0.2, 0) is 6.54 Å². The second-order valence-electron chi connectivity index (χ2n) is 9.55. The molecule has 0 spiro atoms. The molecule has 6 nitrogen and oxygen atoms in total. The second-order valence-corrected chi connectivity index (χ2v) is 10.3. The van der Waals surface area contributed by atoms with Crippen LogP contribution in [0.2, 0.25) is 0 Å². The minimum atomic E-state index is -2.60. The number of H-pyrrole nitrogens is 2. The quantitative estimate of drug-likeness (QED) is 0.268.